The van der Waals surface area contributed by atoms with Crippen molar-refractivity contribution in [2.24, 2.45) is 5.92 Å². The first-order valence-corrected chi connectivity index (χ1v) is 9.00. The molecular formula is C21H26N2O4. The predicted octanol–water partition coefficient (Wildman–Crippen LogP) is 3.51. The topological polar surface area (TPSA) is 76.7 Å². The van der Waals surface area contributed by atoms with E-state index in [1.54, 1.807) is 12.1 Å². The molecule has 2 aromatic carbocycles. The van der Waals surface area contributed by atoms with Crippen molar-refractivity contribution in [2.75, 3.05) is 25.1 Å². The first-order chi connectivity index (χ1) is 13.0. The number of ether oxygens (including phenoxy) is 2. The van der Waals surface area contributed by atoms with E-state index >= 15 is 0 Å². The van der Waals surface area contributed by atoms with Crippen LogP contribution in [-0.2, 0) is 14.3 Å². The Kier molecular flexibility index (Phi) is 8.16. The maximum atomic E-state index is 11.7. The zero-order valence-corrected chi connectivity index (χ0v) is 15.7. The highest BCUT2D eigenvalue weighted by molar-refractivity contribution is 5.80. The lowest BCUT2D eigenvalue weighted by Crippen LogP contribution is -2.31. The Bertz CT molecular complexity index is 715. The van der Waals surface area contributed by atoms with Crippen LogP contribution in [0.5, 0.6) is 5.75 Å². The molecule has 0 fully saturated rings. The number of carbonyl (C=O) groups excluding carboxylic acids is 2. The van der Waals surface area contributed by atoms with Crippen molar-refractivity contribution in [3.63, 3.8) is 0 Å². The smallest absolute Gasteiger partial charge is 0.344 e. The van der Waals surface area contributed by atoms with Crippen LogP contribution < -0.4 is 15.4 Å². The van der Waals surface area contributed by atoms with Crippen molar-refractivity contribution < 1.29 is 19.1 Å². The van der Waals surface area contributed by atoms with Gasteiger partial charge >= 0.3 is 5.97 Å². The zero-order valence-electron chi connectivity index (χ0n) is 15.7. The molecule has 6 nitrogen and oxygen atoms in total. The molecule has 144 valence electrons. The largest absolute Gasteiger partial charge is 0.482 e. The fourth-order valence-corrected chi connectivity index (χ4v) is 2.20. The van der Waals surface area contributed by atoms with Gasteiger partial charge in [-0.2, -0.15) is 0 Å². The van der Waals surface area contributed by atoms with Crippen LogP contribution in [0, 0.1) is 5.92 Å². The lowest BCUT2D eigenvalue weighted by atomic mass is 10.1. The van der Waals surface area contributed by atoms with Crippen molar-refractivity contribution in [1.29, 1.82) is 0 Å². The molecule has 0 atom stereocenters. The van der Waals surface area contributed by atoms with Crippen LogP contribution in [0.15, 0.2) is 54.6 Å². The molecule has 0 bridgehead atoms. The van der Waals surface area contributed by atoms with Crippen LogP contribution in [0.4, 0.5) is 11.4 Å². The summed E-state index contributed by atoms with van der Waals surface area (Å²) in [5.41, 5.74) is 1.90. The number of esters is 1. The summed E-state index contributed by atoms with van der Waals surface area (Å²) >= 11 is 0. The molecule has 0 aliphatic rings. The Balaban J connectivity index is 1.67. The van der Waals surface area contributed by atoms with Gasteiger partial charge in [0.1, 0.15) is 5.75 Å². The van der Waals surface area contributed by atoms with E-state index in [2.05, 4.69) is 24.5 Å². The fraction of sp³-hybridized carbons (Fsp3) is 0.333. The minimum atomic E-state index is -0.583. The highest BCUT2D eigenvalue weighted by Crippen LogP contribution is 2.19. The molecule has 0 spiro atoms. The molecule has 2 rings (SSSR count). The SMILES string of the molecule is CC(C)CCNC(=O)COC(=O)COc1ccc(Nc2ccccc2)cc1. The summed E-state index contributed by atoms with van der Waals surface area (Å²) in [6.45, 7) is 4.19. The van der Waals surface area contributed by atoms with Gasteiger partial charge in [-0.15, -0.1) is 0 Å². The van der Waals surface area contributed by atoms with Gasteiger partial charge in [0.2, 0.25) is 0 Å². The Hall–Kier alpha value is -3.02. The third kappa shape index (κ3) is 8.27. The summed E-state index contributed by atoms with van der Waals surface area (Å²) in [7, 11) is 0. The molecule has 0 saturated carbocycles. The van der Waals surface area contributed by atoms with E-state index in [0.29, 0.717) is 18.2 Å². The lowest BCUT2D eigenvalue weighted by Gasteiger charge is -2.10. The molecule has 0 radical (unpaired) electrons. The molecule has 0 saturated heterocycles. The highest BCUT2D eigenvalue weighted by atomic mass is 16.6. The number of benzene rings is 2. The molecule has 0 heterocycles. The molecule has 0 unspecified atom stereocenters. The average molecular weight is 370 g/mol. The molecule has 27 heavy (non-hydrogen) atoms. The second-order valence-corrected chi connectivity index (χ2v) is 6.50. The van der Waals surface area contributed by atoms with Crippen LogP contribution in [-0.4, -0.2) is 31.6 Å². The number of rotatable bonds is 10. The summed E-state index contributed by atoms with van der Waals surface area (Å²) in [6.07, 6.45) is 0.887. The molecule has 6 heteroatoms. The third-order valence-corrected chi connectivity index (χ3v) is 3.68. The van der Waals surface area contributed by atoms with E-state index in [-0.39, 0.29) is 19.1 Å². The maximum Gasteiger partial charge on any atom is 0.344 e. The number of carbonyl (C=O) groups is 2. The third-order valence-electron chi connectivity index (χ3n) is 3.68. The molecule has 2 N–H and O–H groups in total. The highest BCUT2D eigenvalue weighted by Gasteiger charge is 2.08. The molecule has 0 aliphatic carbocycles. The quantitative estimate of drug-likeness (QED) is 0.626. The van der Waals surface area contributed by atoms with Crippen LogP contribution in [0.25, 0.3) is 0 Å². The summed E-state index contributed by atoms with van der Waals surface area (Å²) in [6, 6.07) is 17.0. The van der Waals surface area contributed by atoms with Gasteiger partial charge in [-0.1, -0.05) is 32.0 Å². The number of amides is 1. The van der Waals surface area contributed by atoms with E-state index < -0.39 is 5.97 Å². The molecule has 0 aliphatic heterocycles. The molecule has 0 aromatic heterocycles. The van der Waals surface area contributed by atoms with Crippen LogP contribution in [0.3, 0.4) is 0 Å². The normalized spacial score (nSPS) is 10.3. The van der Waals surface area contributed by atoms with Gasteiger partial charge in [-0.05, 0) is 48.7 Å². The number of hydrogen-bond acceptors (Lipinski definition) is 5. The summed E-state index contributed by atoms with van der Waals surface area (Å²) < 4.78 is 10.3. The van der Waals surface area contributed by atoms with Crippen LogP contribution in [0.1, 0.15) is 20.3 Å². The minimum absolute atomic E-state index is 0.245. The first-order valence-electron chi connectivity index (χ1n) is 9.00. The van der Waals surface area contributed by atoms with E-state index in [9.17, 15) is 9.59 Å². The van der Waals surface area contributed by atoms with E-state index in [1.165, 1.54) is 0 Å². The van der Waals surface area contributed by atoms with Crippen LogP contribution in [0.2, 0.25) is 0 Å². The monoisotopic (exact) mass is 370 g/mol. The van der Waals surface area contributed by atoms with Gasteiger partial charge in [0, 0.05) is 17.9 Å². The Morgan fingerprint density at radius 2 is 1.59 bits per heavy atom. The maximum absolute atomic E-state index is 11.7. The fourth-order valence-electron chi connectivity index (χ4n) is 2.20. The van der Waals surface area contributed by atoms with E-state index in [1.807, 2.05) is 42.5 Å². The number of hydrogen-bond donors (Lipinski definition) is 2. The summed E-state index contributed by atoms with van der Waals surface area (Å²) in [4.78, 5) is 23.2. The second kappa shape index (κ2) is 10.9. The molecular weight excluding hydrogens is 344 g/mol. The Morgan fingerprint density at radius 1 is 0.926 bits per heavy atom. The van der Waals surface area contributed by atoms with Crippen molar-refractivity contribution >= 4 is 23.3 Å². The van der Waals surface area contributed by atoms with Gasteiger partial charge in [-0.3, -0.25) is 4.79 Å². The van der Waals surface area contributed by atoms with Gasteiger partial charge in [0.15, 0.2) is 13.2 Å². The van der Waals surface area contributed by atoms with Gasteiger partial charge in [0.05, 0.1) is 0 Å². The van der Waals surface area contributed by atoms with Crippen molar-refractivity contribution in [1.82, 2.24) is 5.32 Å². The number of anilines is 2. The minimum Gasteiger partial charge on any atom is -0.482 e. The zero-order chi connectivity index (χ0) is 19.5. The van der Waals surface area contributed by atoms with Gasteiger partial charge < -0.3 is 20.1 Å². The van der Waals surface area contributed by atoms with Crippen molar-refractivity contribution in [3.05, 3.63) is 54.6 Å². The van der Waals surface area contributed by atoms with Crippen molar-refractivity contribution in [2.45, 2.75) is 20.3 Å². The molecule has 1 amide bonds. The summed E-state index contributed by atoms with van der Waals surface area (Å²) in [5, 5.41) is 5.97. The van der Waals surface area contributed by atoms with E-state index in [0.717, 1.165) is 17.8 Å². The molecule has 2 aromatic rings. The number of nitrogens with one attached hydrogen (secondary N) is 2. The standard InChI is InChI=1S/C21H26N2O4/c1-16(2)12-13-22-20(24)14-27-21(25)15-26-19-10-8-18(9-11-19)23-17-6-4-3-5-7-17/h3-11,16,23H,12-15H2,1-2H3,(H,22,24). The van der Waals surface area contributed by atoms with E-state index in [4.69, 9.17) is 9.47 Å². The Morgan fingerprint density at radius 3 is 2.26 bits per heavy atom. The van der Waals surface area contributed by atoms with Gasteiger partial charge in [0.25, 0.3) is 5.91 Å². The second-order valence-electron chi connectivity index (χ2n) is 6.50. The predicted molar refractivity (Wildman–Crippen MR) is 105 cm³/mol. The lowest BCUT2D eigenvalue weighted by molar-refractivity contribution is -0.150. The van der Waals surface area contributed by atoms with Crippen LogP contribution >= 0.6 is 0 Å². The average Bonchev–Trinajstić information content (AvgIpc) is 2.66. The van der Waals surface area contributed by atoms with Gasteiger partial charge in [-0.25, -0.2) is 4.79 Å². The number of para-hydroxylation sites is 1. The van der Waals surface area contributed by atoms with Crippen molar-refractivity contribution in [3.8, 4) is 5.75 Å². The first kappa shape index (κ1) is 20.3. The Labute approximate surface area is 159 Å². The summed E-state index contributed by atoms with van der Waals surface area (Å²) in [5.74, 6) is 0.170.